The maximum Gasteiger partial charge on any atom is 0.191 e. The molecule has 0 radical (unpaired) electrons. The van der Waals surface area contributed by atoms with Gasteiger partial charge in [-0.15, -0.1) is 20.4 Å². The summed E-state index contributed by atoms with van der Waals surface area (Å²) in [5.74, 6) is -2.72. The van der Waals surface area contributed by atoms with Crippen molar-refractivity contribution >= 4 is 115 Å². The number of benzene rings is 4. The SMILES string of the molecule is [2H]C([2H])(C)C([2H])([2H])Sc1nc(N[C@@H]2C[C@H]2c2ccc(C)c(F)c2)c2nnn([C@]3([2H])C([2H])([2H])[C@]([2H])(OCCO)[C@@]([2H])(O)[C@@]3([2H])O)c2n1.[2H]C([2H])(CC)Sc1nc(N[C@@H]2C[C@H]2c2ccc(C)c(F)c2)c2nnn([C@]3([2H])C([2H])([2H])[C@]([2H])(OC([2H])([2H])C([2H])([2H])O)[C@@]([2H])(O)[C@@]3([2H])O)c2n1.[2H]C([2H])(CO)O[C@@]1([2H])C([2H])([2H])[C@@]([2H])(n2nnc3c(N[C@@H]4C[C@H]4c4ccc(C)c(F)c4)nc(SC([2H])([2H])CC)nc32)[C@]([2H])(O)[C@]1([2H])O.[2H]C([2H])(O)CO[C@@]1([2H])C([2H])([2H])[C@@]([2H])(n2nnc3c(N[C@@H]4C[C@H]4c4ccc(C)c(F)c4)nc(SC([2H])([2H])CC)nc32)[C@]([2H])(O)[C@]1([2H])O. The zero-order chi connectivity index (χ0) is 140. The summed E-state index contributed by atoms with van der Waals surface area (Å²) in [6.45, 7) is -6.92. The first-order valence-corrected chi connectivity index (χ1v) is 47.4. The Morgan fingerprint density at radius 3 is 0.882 bits per heavy atom. The monoisotopic (exact) mass is 2120 g/mol. The highest BCUT2D eigenvalue weighted by Crippen LogP contribution is 2.50. The van der Waals surface area contributed by atoms with Crippen molar-refractivity contribution in [1.82, 2.24) is 99.8 Å². The zero-order valence-corrected chi connectivity index (χ0v) is 80.2. The highest BCUT2D eigenvalue weighted by atomic mass is 32.2. The molecule has 48 heteroatoms. The van der Waals surface area contributed by atoms with Crippen LogP contribution in [-0.4, -0.2) is 334 Å². The minimum Gasteiger partial charge on any atom is -0.394 e. The molecule has 8 aliphatic carbocycles. The molecule has 0 aliphatic heterocycles. The van der Waals surface area contributed by atoms with E-state index < -0.39 is 244 Å². The number of nitrogens with one attached hydrogen (secondary N) is 4. The van der Waals surface area contributed by atoms with E-state index in [1.807, 2.05) is 0 Å². The molecule has 8 fully saturated rings. The summed E-state index contributed by atoms with van der Waals surface area (Å²) in [7, 11) is 0. The van der Waals surface area contributed by atoms with Crippen LogP contribution in [0.2, 0.25) is 0 Å². The number of aryl methyl sites for hydroxylation is 4. The van der Waals surface area contributed by atoms with Gasteiger partial charge in [0.1, 0.15) is 71.9 Å². The second-order valence-electron chi connectivity index (χ2n) is 32.5. The van der Waals surface area contributed by atoms with Crippen LogP contribution < -0.4 is 21.3 Å². The van der Waals surface area contributed by atoms with Crippen LogP contribution in [0.1, 0.15) is 254 Å². The first kappa shape index (κ1) is 64.7. The first-order chi connectivity index (χ1) is 84.6. The van der Waals surface area contributed by atoms with Crippen molar-refractivity contribution in [2.45, 2.75) is 298 Å². The van der Waals surface area contributed by atoms with Crippen molar-refractivity contribution in [3.05, 3.63) is 141 Å². The van der Waals surface area contributed by atoms with Crippen molar-refractivity contribution in [2.24, 2.45) is 0 Å². The lowest BCUT2D eigenvalue weighted by molar-refractivity contribution is -0.0629. The van der Waals surface area contributed by atoms with Gasteiger partial charge in [-0.1, -0.05) is 144 Å². The summed E-state index contributed by atoms with van der Waals surface area (Å²) in [5, 5.41) is 168. The van der Waals surface area contributed by atoms with Gasteiger partial charge in [0.05, 0.1) is 134 Å². The van der Waals surface area contributed by atoms with E-state index in [1.54, 1.807) is 90.1 Å². The predicted octanol–water partition coefficient (Wildman–Crippen LogP) is 8.73. The molecule has 776 valence electrons. The van der Waals surface area contributed by atoms with Gasteiger partial charge in [-0.2, -0.15) is 0 Å². The third kappa shape index (κ3) is 23.8. The second-order valence-corrected chi connectivity index (χ2v) is 35.9. The fourth-order valence-corrected chi connectivity index (χ4v) is 17.1. The Labute approximate surface area is 902 Å². The Bertz CT molecular complexity index is 8760. The summed E-state index contributed by atoms with van der Waals surface area (Å²) in [4.78, 5) is 33.9. The molecule has 8 aromatic heterocycles. The average Bonchev–Trinajstić information content (AvgIpc) is 1.46. The van der Waals surface area contributed by atoms with E-state index in [4.69, 9.17) is 71.8 Å². The van der Waals surface area contributed by atoms with E-state index >= 15 is 0 Å². The van der Waals surface area contributed by atoms with Gasteiger partial charge in [-0.25, -0.2) is 76.2 Å². The van der Waals surface area contributed by atoms with Crippen LogP contribution >= 0.6 is 47.0 Å². The number of anilines is 4. The van der Waals surface area contributed by atoms with Gasteiger partial charge in [0.2, 0.25) is 0 Å². The first-order valence-electron chi connectivity index (χ1n) is 65.2. The van der Waals surface area contributed by atoms with Gasteiger partial charge in [0.25, 0.3) is 0 Å². The molecule has 0 amide bonds. The number of halogens is 4. The molecule has 0 bridgehead atoms. The molecule has 0 spiro atoms. The van der Waals surface area contributed by atoms with Crippen molar-refractivity contribution in [2.75, 3.05) is 96.8 Å². The number of ether oxygens (including phenoxy) is 4. The fourth-order valence-electron chi connectivity index (χ4n) is 15.0. The maximum absolute atomic E-state index is 14.3. The lowest BCUT2D eigenvalue weighted by atomic mass is 10.1. The summed E-state index contributed by atoms with van der Waals surface area (Å²) in [5.41, 5.74) is -7.37. The molecular formula is C96H124F4N24O16S4. The molecule has 8 saturated carbocycles. The number of fused-ring (bicyclic) bond motifs is 4. The van der Waals surface area contributed by atoms with Crippen molar-refractivity contribution in [3.63, 3.8) is 0 Å². The van der Waals surface area contributed by atoms with E-state index in [0.29, 0.717) is 105 Å². The Morgan fingerprint density at radius 1 is 0.361 bits per heavy atom. The van der Waals surface area contributed by atoms with E-state index in [1.165, 1.54) is 31.2 Å². The quantitative estimate of drug-likeness (QED) is 0.00969. The van der Waals surface area contributed by atoms with E-state index in [2.05, 4.69) is 107 Å². The molecule has 24 atom stereocenters. The van der Waals surface area contributed by atoms with Crippen LogP contribution in [0.5, 0.6) is 0 Å². The van der Waals surface area contributed by atoms with Crippen LogP contribution in [-0.2, 0) is 18.9 Å². The molecule has 12 aromatic rings. The smallest absolute Gasteiger partial charge is 0.191 e. The molecule has 40 nitrogen and oxygen atoms in total. The highest BCUT2D eigenvalue weighted by molar-refractivity contribution is 7.99. The van der Waals surface area contributed by atoms with Crippen LogP contribution in [0.3, 0.4) is 0 Å². The summed E-state index contributed by atoms with van der Waals surface area (Å²) in [6, 6.07) is 2.89. The van der Waals surface area contributed by atoms with Gasteiger partial charge < -0.3 is 101 Å². The molecule has 0 unspecified atom stereocenters. The molecular weight excluding hydrogens is 1950 g/mol. The number of aromatic nitrogens is 20. The van der Waals surface area contributed by atoms with E-state index in [0.717, 1.165) is 6.92 Å². The molecule has 144 heavy (non-hydrogen) atoms. The fraction of sp³-hybridized carbons (Fsp3) is 0.583. The largest absolute Gasteiger partial charge is 0.394 e. The molecule has 16 N–H and O–H groups in total. The Kier molecular flexibility index (Phi) is 21.3. The zero-order valence-electron chi connectivity index (χ0n) is 119. The van der Waals surface area contributed by atoms with Gasteiger partial charge >= 0.3 is 0 Å². The van der Waals surface area contributed by atoms with Crippen molar-refractivity contribution in [1.29, 1.82) is 0 Å². The van der Waals surface area contributed by atoms with Crippen LogP contribution in [0.25, 0.3) is 44.7 Å². The van der Waals surface area contributed by atoms with E-state index in [9.17, 15) is 78.8 Å². The van der Waals surface area contributed by atoms with Crippen molar-refractivity contribution < 1.29 is 155 Å². The maximum atomic E-state index is 14.3. The van der Waals surface area contributed by atoms with Gasteiger partial charge in [0.15, 0.2) is 88.6 Å². The third-order valence-electron chi connectivity index (χ3n) is 22.7. The Hall–Kier alpha value is -9.52. The number of nitrogens with zero attached hydrogens (tertiary/aromatic N) is 20. The topological polar surface area (TPSA) is 554 Å². The predicted molar refractivity (Wildman–Crippen MR) is 530 cm³/mol. The lowest BCUT2D eigenvalue weighted by Gasteiger charge is -2.17. The standard InChI is InChI=1S/4C24H31FN6O4S/c4*1-3-8-36-24-27-22(26-16-10-14(16)13-5-4-12(2)15(25)9-13)19-23(28-24)31(30-29-19)17-11-18(35-7-6-32)21(34)20(17)33/h4*4-5,9,14,16-18,20-21,32-34H,3,6-8,10-11H2,1-2H3,(H,26,27,28)/t4*14-,16+,17+,18-,20-,21+/m0000/s1/i6D2,7D2,8D2,11D2,17D,18D,20D,21D;7D2,8D2,11D2,17D,18D,20D,21D;6D2,8D2,11D2,17D,18D,20D,21D;3D2,8D2,11D2,17D,18D,20D,21D. The number of hydrogen-bond donors (Lipinski definition) is 16. The Balaban J connectivity index is 0.000000163. The molecule has 0 saturated heterocycles. The average molecular weight is 2120 g/mol. The van der Waals surface area contributed by atoms with Gasteiger partial charge in [0, 0.05) is 121 Å². The highest BCUT2D eigenvalue weighted by Gasteiger charge is 2.51. The minimum atomic E-state index is -4.29. The van der Waals surface area contributed by atoms with Crippen LogP contribution in [0.4, 0.5) is 40.8 Å². The summed E-state index contributed by atoms with van der Waals surface area (Å²) in [6.07, 6.45) is -63.7. The van der Waals surface area contributed by atoms with Crippen LogP contribution in [0, 0.1) is 51.0 Å². The van der Waals surface area contributed by atoms with Gasteiger partial charge in [-0.3, -0.25) is 0 Å². The number of thioether (sulfide) groups is 4. The number of aliphatic hydroxyl groups excluding tert-OH is 2. The number of rotatable bonds is 40. The minimum absolute atomic E-state index is 0.00212. The van der Waals surface area contributed by atoms with Crippen molar-refractivity contribution in [3.8, 4) is 0 Å². The summed E-state index contributed by atoms with van der Waals surface area (Å²) < 4.78 is 426. The van der Waals surface area contributed by atoms with Crippen LogP contribution in [0.15, 0.2) is 93.4 Å². The summed E-state index contributed by atoms with van der Waals surface area (Å²) >= 11 is 1.85. The number of hydrogen-bond acceptors (Lipinski definition) is 40. The second kappa shape index (κ2) is 47.3. The molecule has 8 heterocycles. The molecule has 8 aliphatic rings. The van der Waals surface area contributed by atoms with Gasteiger partial charge in [-0.05, 0) is 148 Å². The normalized spacial score (nSPS) is 42.4. The number of aliphatic hydroxyl groups is 12. The molecule has 4 aromatic carbocycles. The van der Waals surface area contributed by atoms with E-state index in [-0.39, 0.29) is 170 Å². The Morgan fingerprint density at radius 2 is 0.632 bits per heavy atom. The lowest BCUT2D eigenvalue weighted by Crippen LogP contribution is -2.33. The molecule has 20 rings (SSSR count). The third-order valence-corrected chi connectivity index (χ3v) is 25.8.